The fraction of sp³-hybridized carbons (Fsp3) is 0. The Hall–Kier alpha value is -2.22. The molecule has 0 atom stereocenters. The minimum atomic E-state index is -0.511. The third-order valence-electron chi connectivity index (χ3n) is 1.92. The average molecular weight is 311 g/mol. The van der Waals surface area contributed by atoms with Crippen LogP contribution in [0.1, 0.15) is 0 Å². The van der Waals surface area contributed by atoms with E-state index in [0.717, 1.165) is 0 Å². The molecule has 0 aliphatic rings. The molecule has 1 aromatic heterocycles. The van der Waals surface area contributed by atoms with Crippen molar-refractivity contribution in [1.82, 2.24) is 9.97 Å². The highest BCUT2D eigenvalue weighted by Crippen LogP contribution is 2.28. The SMILES string of the molecule is Nc1cncc(Oc2cc(Br)cc([N+](=O)[O-])c2)n1. The highest BCUT2D eigenvalue weighted by atomic mass is 79.9. The van der Waals surface area contributed by atoms with Gasteiger partial charge in [0.1, 0.15) is 11.6 Å². The number of nitrogen functional groups attached to an aromatic ring is 1. The molecule has 0 saturated heterocycles. The van der Waals surface area contributed by atoms with Gasteiger partial charge in [0.15, 0.2) is 0 Å². The Balaban J connectivity index is 2.31. The number of anilines is 1. The number of hydrogen-bond donors (Lipinski definition) is 1. The van der Waals surface area contributed by atoms with Crippen molar-refractivity contribution < 1.29 is 9.66 Å². The monoisotopic (exact) mass is 310 g/mol. The van der Waals surface area contributed by atoms with Gasteiger partial charge in [-0.05, 0) is 6.07 Å². The minimum absolute atomic E-state index is 0.0868. The number of nitro benzene ring substituents is 1. The lowest BCUT2D eigenvalue weighted by Gasteiger charge is -2.05. The Labute approximate surface area is 110 Å². The molecular formula is C10H7BrN4O3. The number of hydrogen-bond acceptors (Lipinski definition) is 6. The van der Waals surface area contributed by atoms with Crippen molar-refractivity contribution in [2.75, 3.05) is 5.73 Å². The van der Waals surface area contributed by atoms with Gasteiger partial charge in [0, 0.05) is 10.5 Å². The van der Waals surface area contributed by atoms with Gasteiger partial charge in [0.2, 0.25) is 5.88 Å². The Bertz CT molecular complexity index is 605. The zero-order valence-corrected chi connectivity index (χ0v) is 10.5. The maximum atomic E-state index is 10.7. The zero-order valence-electron chi connectivity index (χ0n) is 8.91. The van der Waals surface area contributed by atoms with Crippen LogP contribution in [0.25, 0.3) is 0 Å². The first-order chi connectivity index (χ1) is 8.54. The van der Waals surface area contributed by atoms with Crippen molar-refractivity contribution in [2.45, 2.75) is 0 Å². The van der Waals surface area contributed by atoms with Gasteiger partial charge in [0.25, 0.3) is 5.69 Å². The Kier molecular flexibility index (Phi) is 3.38. The fourth-order valence-corrected chi connectivity index (χ4v) is 1.70. The second-order valence-corrected chi connectivity index (χ2v) is 4.20. The summed E-state index contributed by atoms with van der Waals surface area (Å²) in [5.41, 5.74) is 5.36. The largest absolute Gasteiger partial charge is 0.437 e. The fourth-order valence-electron chi connectivity index (χ4n) is 1.24. The molecule has 92 valence electrons. The van der Waals surface area contributed by atoms with E-state index in [9.17, 15) is 10.1 Å². The molecule has 0 fully saturated rings. The summed E-state index contributed by atoms with van der Waals surface area (Å²) in [6.45, 7) is 0. The van der Waals surface area contributed by atoms with Gasteiger partial charge < -0.3 is 10.5 Å². The van der Waals surface area contributed by atoms with Crippen molar-refractivity contribution in [3.05, 3.63) is 45.2 Å². The third kappa shape index (κ3) is 2.92. The van der Waals surface area contributed by atoms with Gasteiger partial charge in [-0.25, -0.2) is 0 Å². The molecule has 0 unspecified atom stereocenters. The van der Waals surface area contributed by atoms with Crippen LogP contribution in [0, 0.1) is 10.1 Å². The number of nitrogens with two attached hydrogens (primary N) is 1. The lowest BCUT2D eigenvalue weighted by molar-refractivity contribution is -0.385. The standard InChI is InChI=1S/C10H7BrN4O3/c11-6-1-7(15(16)17)3-8(2-6)18-10-5-13-4-9(12)14-10/h1-5H,(H2,12,14). The van der Waals surface area contributed by atoms with E-state index in [2.05, 4.69) is 25.9 Å². The first kappa shape index (κ1) is 12.2. The molecule has 7 nitrogen and oxygen atoms in total. The van der Waals surface area contributed by atoms with Gasteiger partial charge in [0.05, 0.1) is 23.4 Å². The molecular weight excluding hydrogens is 304 g/mol. The molecule has 2 rings (SSSR count). The van der Waals surface area contributed by atoms with Crippen LogP contribution in [0.5, 0.6) is 11.6 Å². The molecule has 0 aliphatic carbocycles. The molecule has 1 heterocycles. The lowest BCUT2D eigenvalue weighted by atomic mass is 10.3. The Morgan fingerprint density at radius 1 is 1.33 bits per heavy atom. The molecule has 0 spiro atoms. The molecule has 0 saturated carbocycles. The van der Waals surface area contributed by atoms with Crippen molar-refractivity contribution in [1.29, 1.82) is 0 Å². The van der Waals surface area contributed by atoms with Crippen molar-refractivity contribution in [2.24, 2.45) is 0 Å². The second-order valence-electron chi connectivity index (χ2n) is 3.29. The van der Waals surface area contributed by atoms with Crippen LogP contribution in [0.2, 0.25) is 0 Å². The van der Waals surface area contributed by atoms with Crippen LogP contribution < -0.4 is 10.5 Å². The van der Waals surface area contributed by atoms with E-state index >= 15 is 0 Å². The number of halogens is 1. The molecule has 0 bridgehead atoms. The summed E-state index contributed by atoms with van der Waals surface area (Å²) in [5, 5.41) is 10.7. The number of non-ortho nitro benzene ring substituents is 1. The first-order valence-electron chi connectivity index (χ1n) is 4.75. The van der Waals surface area contributed by atoms with Crippen LogP contribution in [0.3, 0.4) is 0 Å². The maximum Gasteiger partial charge on any atom is 0.274 e. The summed E-state index contributed by atoms with van der Waals surface area (Å²) in [5.74, 6) is 0.648. The number of nitrogens with zero attached hydrogens (tertiary/aromatic N) is 3. The van der Waals surface area contributed by atoms with Crippen LogP contribution in [0.4, 0.5) is 11.5 Å². The van der Waals surface area contributed by atoms with Gasteiger partial charge in [-0.1, -0.05) is 15.9 Å². The molecule has 0 amide bonds. The topological polar surface area (TPSA) is 104 Å². The highest BCUT2D eigenvalue weighted by molar-refractivity contribution is 9.10. The predicted octanol–water partition coefficient (Wildman–Crippen LogP) is 2.52. The summed E-state index contributed by atoms with van der Waals surface area (Å²) in [6.07, 6.45) is 2.74. The molecule has 1 aromatic carbocycles. The van der Waals surface area contributed by atoms with Crippen molar-refractivity contribution in [3.8, 4) is 11.6 Å². The highest BCUT2D eigenvalue weighted by Gasteiger charge is 2.10. The number of aromatic nitrogens is 2. The van der Waals surface area contributed by atoms with Crippen LogP contribution in [-0.4, -0.2) is 14.9 Å². The summed E-state index contributed by atoms with van der Waals surface area (Å²) in [7, 11) is 0. The van der Waals surface area contributed by atoms with Crippen LogP contribution in [0.15, 0.2) is 35.1 Å². The quantitative estimate of drug-likeness (QED) is 0.690. The molecule has 18 heavy (non-hydrogen) atoms. The van der Waals surface area contributed by atoms with E-state index in [4.69, 9.17) is 10.5 Å². The number of ether oxygens (including phenoxy) is 1. The van der Waals surface area contributed by atoms with E-state index < -0.39 is 4.92 Å². The third-order valence-corrected chi connectivity index (χ3v) is 2.38. The smallest absolute Gasteiger partial charge is 0.274 e. The summed E-state index contributed by atoms with van der Waals surface area (Å²) < 4.78 is 5.87. The average Bonchev–Trinajstić information content (AvgIpc) is 2.28. The van der Waals surface area contributed by atoms with Crippen LogP contribution in [-0.2, 0) is 0 Å². The van der Waals surface area contributed by atoms with Gasteiger partial charge in [-0.3, -0.25) is 15.1 Å². The van der Waals surface area contributed by atoms with E-state index in [1.807, 2.05) is 0 Å². The number of nitro groups is 1. The van der Waals surface area contributed by atoms with E-state index in [0.29, 0.717) is 4.47 Å². The minimum Gasteiger partial charge on any atom is -0.437 e. The van der Waals surface area contributed by atoms with E-state index in [-0.39, 0.29) is 23.1 Å². The molecule has 0 aliphatic heterocycles. The van der Waals surface area contributed by atoms with Crippen molar-refractivity contribution >= 4 is 27.4 Å². The normalized spacial score (nSPS) is 10.1. The summed E-state index contributed by atoms with van der Waals surface area (Å²) in [6, 6.07) is 4.24. The zero-order chi connectivity index (χ0) is 13.1. The molecule has 0 radical (unpaired) electrons. The molecule has 8 heteroatoms. The van der Waals surface area contributed by atoms with Gasteiger partial charge >= 0.3 is 0 Å². The second kappa shape index (κ2) is 4.96. The van der Waals surface area contributed by atoms with Crippen molar-refractivity contribution in [3.63, 3.8) is 0 Å². The Morgan fingerprint density at radius 2 is 2.11 bits per heavy atom. The van der Waals surface area contributed by atoms with E-state index in [1.165, 1.54) is 24.5 Å². The maximum absolute atomic E-state index is 10.7. The lowest BCUT2D eigenvalue weighted by Crippen LogP contribution is -1.95. The number of rotatable bonds is 3. The molecule has 2 aromatic rings. The Morgan fingerprint density at radius 3 is 2.78 bits per heavy atom. The summed E-state index contributed by atoms with van der Waals surface area (Å²) >= 11 is 3.16. The predicted molar refractivity (Wildman–Crippen MR) is 67.3 cm³/mol. The molecule has 2 N–H and O–H groups in total. The van der Waals surface area contributed by atoms with Crippen LogP contribution >= 0.6 is 15.9 Å². The number of benzene rings is 1. The van der Waals surface area contributed by atoms with Gasteiger partial charge in [-0.2, -0.15) is 4.98 Å². The summed E-state index contributed by atoms with van der Waals surface area (Å²) in [4.78, 5) is 17.9. The van der Waals surface area contributed by atoms with E-state index in [1.54, 1.807) is 6.07 Å². The van der Waals surface area contributed by atoms with Gasteiger partial charge in [-0.15, -0.1) is 0 Å². The first-order valence-corrected chi connectivity index (χ1v) is 5.54.